The fraction of sp³-hybridized carbons (Fsp3) is 0.900. The van der Waals surface area contributed by atoms with E-state index in [0.29, 0.717) is 10.5 Å². The Morgan fingerprint density at radius 1 is 1.08 bits per heavy atom. The molecule has 0 aromatic carbocycles. The van der Waals surface area contributed by atoms with Gasteiger partial charge >= 0.3 is 0 Å². The van der Waals surface area contributed by atoms with Crippen molar-refractivity contribution >= 4 is 23.0 Å². The SMILES string of the molecule is C[C@]12CCCC[C@H]1CC[C@H]1[C@H]2CC[C@]2(C)/C(=N\NC(N)=S)CC[C@@H]12. The summed E-state index contributed by atoms with van der Waals surface area (Å²) in [7, 11) is 0. The van der Waals surface area contributed by atoms with Gasteiger partial charge < -0.3 is 5.73 Å². The van der Waals surface area contributed by atoms with Crippen molar-refractivity contribution < 1.29 is 0 Å². The van der Waals surface area contributed by atoms with E-state index in [9.17, 15) is 0 Å². The maximum Gasteiger partial charge on any atom is 0.184 e. The van der Waals surface area contributed by atoms with Crippen LogP contribution in [0.4, 0.5) is 0 Å². The molecule has 0 heterocycles. The lowest BCUT2D eigenvalue weighted by Gasteiger charge is -2.59. The molecule has 0 radical (unpaired) electrons. The standard InChI is InChI=1S/C20H33N3S/c1-19-11-4-3-5-13(19)6-7-14-15-8-9-17(22-23-18(21)24)20(15,2)12-10-16(14)19/h13-16H,3-12H2,1-2H3,(H3,21,23,24)/b22-17-/t13-,14+,15-,16+,19-,20-/m0/s1. The number of fused-ring (bicyclic) bond motifs is 5. The van der Waals surface area contributed by atoms with E-state index in [1.807, 2.05) is 0 Å². The molecular weight excluding hydrogens is 314 g/mol. The molecule has 0 unspecified atom stereocenters. The first-order valence-electron chi connectivity index (χ1n) is 10.1. The largest absolute Gasteiger partial charge is 0.375 e. The molecule has 3 N–H and O–H groups in total. The van der Waals surface area contributed by atoms with Crippen LogP contribution in [0, 0.1) is 34.5 Å². The normalized spacial score (nSPS) is 49.2. The average Bonchev–Trinajstić information content (AvgIpc) is 2.89. The van der Waals surface area contributed by atoms with Crippen LogP contribution in [0.1, 0.15) is 78.1 Å². The molecule has 24 heavy (non-hydrogen) atoms. The summed E-state index contributed by atoms with van der Waals surface area (Å²) in [4.78, 5) is 0. The number of thiocarbonyl (C=S) groups is 1. The topological polar surface area (TPSA) is 50.4 Å². The first kappa shape index (κ1) is 16.8. The van der Waals surface area contributed by atoms with Gasteiger partial charge in [-0.05, 0) is 92.7 Å². The van der Waals surface area contributed by atoms with Gasteiger partial charge in [0, 0.05) is 11.1 Å². The van der Waals surface area contributed by atoms with E-state index in [1.165, 1.54) is 63.5 Å². The Balaban J connectivity index is 1.59. The van der Waals surface area contributed by atoms with Crippen LogP contribution < -0.4 is 11.2 Å². The minimum absolute atomic E-state index is 0.275. The zero-order valence-corrected chi connectivity index (χ0v) is 16.1. The summed E-state index contributed by atoms with van der Waals surface area (Å²) >= 11 is 4.94. The van der Waals surface area contributed by atoms with Gasteiger partial charge in [-0.25, -0.2) is 0 Å². The van der Waals surface area contributed by atoms with E-state index in [0.717, 1.165) is 30.1 Å². The number of nitrogens with one attached hydrogen (secondary N) is 1. The molecule has 0 aromatic heterocycles. The van der Waals surface area contributed by atoms with Crippen LogP contribution in [0.3, 0.4) is 0 Å². The molecule has 4 fully saturated rings. The van der Waals surface area contributed by atoms with Crippen LogP contribution in [0.5, 0.6) is 0 Å². The Morgan fingerprint density at radius 3 is 2.71 bits per heavy atom. The first-order valence-corrected chi connectivity index (χ1v) is 10.5. The van der Waals surface area contributed by atoms with E-state index in [1.54, 1.807) is 0 Å². The van der Waals surface area contributed by atoms with Gasteiger partial charge in [0.15, 0.2) is 5.11 Å². The van der Waals surface area contributed by atoms with Crippen molar-refractivity contribution in [3.63, 3.8) is 0 Å². The third-order valence-electron chi connectivity index (χ3n) is 8.63. The van der Waals surface area contributed by atoms with Gasteiger partial charge in [0.1, 0.15) is 0 Å². The van der Waals surface area contributed by atoms with Crippen LogP contribution >= 0.6 is 12.2 Å². The lowest BCUT2D eigenvalue weighted by atomic mass is 9.45. The van der Waals surface area contributed by atoms with E-state index in [-0.39, 0.29) is 5.41 Å². The van der Waals surface area contributed by atoms with Gasteiger partial charge in [0.05, 0.1) is 0 Å². The zero-order valence-electron chi connectivity index (χ0n) is 15.3. The number of hydrogen-bond donors (Lipinski definition) is 2. The lowest BCUT2D eigenvalue weighted by molar-refractivity contribution is -0.0936. The summed E-state index contributed by atoms with van der Waals surface area (Å²) in [5, 5.41) is 4.91. The van der Waals surface area contributed by atoms with E-state index < -0.39 is 0 Å². The number of hydrazone groups is 1. The van der Waals surface area contributed by atoms with Crippen LogP contribution in [0.15, 0.2) is 5.10 Å². The number of hydrogen-bond acceptors (Lipinski definition) is 2. The summed E-state index contributed by atoms with van der Waals surface area (Å²) in [6, 6.07) is 0. The van der Waals surface area contributed by atoms with Crippen molar-refractivity contribution in [3.8, 4) is 0 Å². The monoisotopic (exact) mass is 347 g/mol. The summed E-state index contributed by atoms with van der Waals surface area (Å²) in [5.41, 5.74) is 10.7. The maximum atomic E-state index is 5.59. The van der Waals surface area contributed by atoms with Crippen LogP contribution in [0.2, 0.25) is 0 Å². The quantitative estimate of drug-likeness (QED) is 0.538. The second-order valence-corrected chi connectivity index (χ2v) is 9.87. The smallest absolute Gasteiger partial charge is 0.184 e. The Kier molecular flexibility index (Phi) is 4.18. The fourth-order valence-corrected chi connectivity index (χ4v) is 7.44. The summed E-state index contributed by atoms with van der Waals surface area (Å²) < 4.78 is 0. The predicted molar refractivity (Wildman–Crippen MR) is 104 cm³/mol. The molecule has 0 bridgehead atoms. The third-order valence-corrected chi connectivity index (χ3v) is 8.72. The van der Waals surface area contributed by atoms with Crippen molar-refractivity contribution in [2.45, 2.75) is 78.1 Å². The summed E-state index contributed by atoms with van der Waals surface area (Å²) in [6.45, 7) is 5.12. The average molecular weight is 348 g/mol. The van der Waals surface area contributed by atoms with Gasteiger partial charge in [-0.3, -0.25) is 5.43 Å². The highest BCUT2D eigenvalue weighted by Crippen LogP contribution is 2.65. The van der Waals surface area contributed by atoms with Crippen molar-refractivity contribution in [2.75, 3.05) is 0 Å². The minimum Gasteiger partial charge on any atom is -0.375 e. The van der Waals surface area contributed by atoms with Gasteiger partial charge in [0.25, 0.3) is 0 Å². The van der Waals surface area contributed by atoms with E-state index in [4.69, 9.17) is 18.0 Å². The van der Waals surface area contributed by atoms with Crippen LogP contribution in [0.25, 0.3) is 0 Å². The molecule has 0 aliphatic heterocycles. The lowest BCUT2D eigenvalue weighted by Crippen LogP contribution is -2.52. The number of nitrogens with zero attached hydrogens (tertiary/aromatic N) is 1. The Labute approximate surface area is 152 Å². The van der Waals surface area contributed by atoms with Crippen LogP contribution in [-0.4, -0.2) is 10.8 Å². The zero-order chi connectivity index (χ0) is 16.9. The van der Waals surface area contributed by atoms with Crippen molar-refractivity contribution in [3.05, 3.63) is 0 Å². The molecule has 0 spiro atoms. The van der Waals surface area contributed by atoms with Crippen molar-refractivity contribution in [2.24, 2.45) is 45.3 Å². The summed E-state index contributed by atoms with van der Waals surface area (Å²) in [5.74, 6) is 3.70. The highest BCUT2D eigenvalue weighted by Gasteiger charge is 2.58. The Bertz CT molecular complexity index is 559. The van der Waals surface area contributed by atoms with Crippen molar-refractivity contribution in [1.82, 2.24) is 5.43 Å². The van der Waals surface area contributed by atoms with Gasteiger partial charge in [-0.1, -0.05) is 26.7 Å². The first-order chi connectivity index (χ1) is 11.4. The Morgan fingerprint density at radius 2 is 1.92 bits per heavy atom. The van der Waals surface area contributed by atoms with Gasteiger partial charge in [-0.15, -0.1) is 0 Å². The number of rotatable bonds is 1. The fourth-order valence-electron chi connectivity index (χ4n) is 7.39. The van der Waals surface area contributed by atoms with Gasteiger partial charge in [0.2, 0.25) is 0 Å². The molecule has 134 valence electrons. The molecule has 6 atom stereocenters. The molecule has 4 aliphatic carbocycles. The Hall–Kier alpha value is -0.640. The molecular formula is C20H33N3S. The second kappa shape index (κ2) is 5.96. The molecule has 4 rings (SSSR count). The van der Waals surface area contributed by atoms with E-state index in [2.05, 4.69) is 24.4 Å². The van der Waals surface area contributed by atoms with E-state index >= 15 is 0 Å². The second-order valence-electron chi connectivity index (χ2n) is 9.43. The molecule has 0 aromatic rings. The maximum absolute atomic E-state index is 5.59. The molecule has 0 saturated heterocycles. The molecule has 4 heteroatoms. The minimum atomic E-state index is 0.275. The number of nitrogens with two attached hydrogens (primary N) is 1. The predicted octanol–water partition coefficient (Wildman–Crippen LogP) is 4.61. The third kappa shape index (κ3) is 2.43. The molecule has 4 saturated carbocycles. The van der Waals surface area contributed by atoms with Crippen molar-refractivity contribution in [1.29, 1.82) is 0 Å². The molecule has 0 amide bonds. The van der Waals surface area contributed by atoms with Gasteiger partial charge in [-0.2, -0.15) is 5.10 Å². The molecule has 3 nitrogen and oxygen atoms in total. The summed E-state index contributed by atoms with van der Waals surface area (Å²) in [6.07, 6.45) is 14.0. The highest BCUT2D eigenvalue weighted by atomic mass is 32.1. The highest BCUT2D eigenvalue weighted by molar-refractivity contribution is 7.80. The molecule has 4 aliphatic rings. The van der Waals surface area contributed by atoms with Crippen LogP contribution in [-0.2, 0) is 0 Å².